The zero-order chi connectivity index (χ0) is 10.7. The quantitative estimate of drug-likeness (QED) is 0.828. The predicted molar refractivity (Wildman–Crippen MR) is 59.9 cm³/mol. The Hall–Kier alpha value is -0.830. The molecule has 3 nitrogen and oxygen atoms in total. The van der Waals surface area contributed by atoms with E-state index in [9.17, 15) is 0 Å². The van der Waals surface area contributed by atoms with E-state index in [2.05, 4.69) is 24.1 Å². The van der Waals surface area contributed by atoms with Gasteiger partial charge in [0, 0.05) is 12.5 Å². The SMILES string of the molecule is CC(C)Cc1coc(C2CCCNC2)n1. The van der Waals surface area contributed by atoms with Crippen LogP contribution in [0.1, 0.15) is 44.2 Å². The highest BCUT2D eigenvalue weighted by Crippen LogP contribution is 2.22. The van der Waals surface area contributed by atoms with Gasteiger partial charge in [-0.3, -0.25) is 0 Å². The Morgan fingerprint density at radius 3 is 3.13 bits per heavy atom. The van der Waals surface area contributed by atoms with Gasteiger partial charge in [0.2, 0.25) is 0 Å². The molecule has 1 unspecified atom stereocenters. The van der Waals surface area contributed by atoms with E-state index in [1.807, 2.05) is 6.26 Å². The molecule has 1 saturated heterocycles. The number of hydrogen-bond donors (Lipinski definition) is 1. The largest absolute Gasteiger partial charge is 0.448 e. The first kappa shape index (κ1) is 10.7. The molecule has 1 fully saturated rings. The molecular weight excluding hydrogens is 188 g/mol. The average Bonchev–Trinajstić information content (AvgIpc) is 2.67. The molecule has 84 valence electrons. The van der Waals surface area contributed by atoms with Crippen LogP contribution >= 0.6 is 0 Å². The van der Waals surface area contributed by atoms with Crippen LogP contribution in [0, 0.1) is 5.92 Å². The molecule has 1 aliphatic rings. The zero-order valence-corrected chi connectivity index (χ0v) is 9.62. The molecule has 1 aliphatic heterocycles. The molecule has 2 heterocycles. The molecule has 0 spiro atoms. The van der Waals surface area contributed by atoms with Crippen LogP contribution in [0.25, 0.3) is 0 Å². The number of rotatable bonds is 3. The third-order valence-corrected chi connectivity index (χ3v) is 2.83. The molecule has 1 aromatic heterocycles. The molecule has 2 rings (SSSR count). The number of nitrogens with one attached hydrogen (secondary N) is 1. The molecule has 1 atom stereocenters. The summed E-state index contributed by atoms with van der Waals surface area (Å²) in [6.07, 6.45) is 5.27. The van der Waals surface area contributed by atoms with E-state index in [1.165, 1.54) is 12.8 Å². The average molecular weight is 208 g/mol. The molecule has 1 N–H and O–H groups in total. The number of aromatic nitrogens is 1. The third kappa shape index (κ3) is 2.81. The summed E-state index contributed by atoms with van der Waals surface area (Å²) in [6.45, 7) is 6.56. The normalized spacial score (nSPS) is 22.2. The second-order valence-electron chi connectivity index (χ2n) is 4.82. The highest BCUT2D eigenvalue weighted by molar-refractivity contribution is 5.03. The van der Waals surface area contributed by atoms with Gasteiger partial charge in [0.15, 0.2) is 5.89 Å². The van der Waals surface area contributed by atoms with Crippen LogP contribution in [0.4, 0.5) is 0 Å². The van der Waals surface area contributed by atoms with Crippen LogP contribution in [0.15, 0.2) is 10.7 Å². The molecule has 1 aromatic rings. The van der Waals surface area contributed by atoms with E-state index in [1.54, 1.807) is 0 Å². The number of piperidine rings is 1. The fourth-order valence-corrected chi connectivity index (χ4v) is 2.08. The Morgan fingerprint density at radius 1 is 1.60 bits per heavy atom. The van der Waals surface area contributed by atoms with Crippen molar-refractivity contribution in [1.82, 2.24) is 10.3 Å². The van der Waals surface area contributed by atoms with Crippen LogP contribution in [0.2, 0.25) is 0 Å². The van der Waals surface area contributed by atoms with Crippen LogP contribution in [0.5, 0.6) is 0 Å². The highest BCUT2D eigenvalue weighted by Gasteiger charge is 2.20. The van der Waals surface area contributed by atoms with Gasteiger partial charge in [0.1, 0.15) is 6.26 Å². The summed E-state index contributed by atoms with van der Waals surface area (Å²) in [5.41, 5.74) is 1.10. The van der Waals surface area contributed by atoms with E-state index in [0.29, 0.717) is 11.8 Å². The summed E-state index contributed by atoms with van der Waals surface area (Å²) in [7, 11) is 0. The lowest BCUT2D eigenvalue weighted by Crippen LogP contribution is -2.28. The van der Waals surface area contributed by atoms with Crippen molar-refractivity contribution in [3.05, 3.63) is 17.8 Å². The Balaban J connectivity index is 1.99. The van der Waals surface area contributed by atoms with Crippen molar-refractivity contribution in [3.63, 3.8) is 0 Å². The van der Waals surface area contributed by atoms with Crippen LogP contribution < -0.4 is 5.32 Å². The van der Waals surface area contributed by atoms with Crippen molar-refractivity contribution in [2.45, 2.75) is 39.0 Å². The summed E-state index contributed by atoms with van der Waals surface area (Å²) >= 11 is 0. The van der Waals surface area contributed by atoms with Crippen LogP contribution in [-0.2, 0) is 6.42 Å². The van der Waals surface area contributed by atoms with Crippen LogP contribution in [0.3, 0.4) is 0 Å². The van der Waals surface area contributed by atoms with Gasteiger partial charge in [-0.15, -0.1) is 0 Å². The maximum Gasteiger partial charge on any atom is 0.198 e. The lowest BCUT2D eigenvalue weighted by Gasteiger charge is -2.19. The molecule has 0 aliphatic carbocycles. The first-order valence-electron chi connectivity index (χ1n) is 5.90. The van der Waals surface area contributed by atoms with E-state index >= 15 is 0 Å². The van der Waals surface area contributed by atoms with E-state index in [4.69, 9.17) is 4.42 Å². The minimum Gasteiger partial charge on any atom is -0.448 e. The second kappa shape index (κ2) is 4.79. The smallest absolute Gasteiger partial charge is 0.198 e. The minimum atomic E-state index is 0.486. The number of hydrogen-bond acceptors (Lipinski definition) is 3. The summed E-state index contributed by atoms with van der Waals surface area (Å²) in [6, 6.07) is 0. The minimum absolute atomic E-state index is 0.486. The zero-order valence-electron chi connectivity index (χ0n) is 9.62. The van der Waals surface area contributed by atoms with Crippen molar-refractivity contribution in [3.8, 4) is 0 Å². The van der Waals surface area contributed by atoms with Crippen molar-refractivity contribution in [2.75, 3.05) is 13.1 Å². The summed E-state index contributed by atoms with van der Waals surface area (Å²) < 4.78 is 5.55. The summed E-state index contributed by atoms with van der Waals surface area (Å²) in [5.74, 6) is 2.06. The lowest BCUT2D eigenvalue weighted by molar-refractivity contribution is 0.376. The van der Waals surface area contributed by atoms with Crippen molar-refractivity contribution in [1.29, 1.82) is 0 Å². The molecule has 0 bridgehead atoms. The van der Waals surface area contributed by atoms with Gasteiger partial charge in [-0.2, -0.15) is 0 Å². The van der Waals surface area contributed by atoms with Crippen molar-refractivity contribution >= 4 is 0 Å². The second-order valence-corrected chi connectivity index (χ2v) is 4.82. The van der Waals surface area contributed by atoms with Gasteiger partial charge >= 0.3 is 0 Å². The molecule has 0 saturated carbocycles. The topological polar surface area (TPSA) is 38.1 Å². The molecule has 0 amide bonds. The Labute approximate surface area is 91.3 Å². The van der Waals surface area contributed by atoms with Gasteiger partial charge in [-0.05, 0) is 31.7 Å². The Morgan fingerprint density at radius 2 is 2.47 bits per heavy atom. The maximum absolute atomic E-state index is 5.55. The number of nitrogens with zero attached hydrogens (tertiary/aromatic N) is 1. The van der Waals surface area contributed by atoms with E-state index in [0.717, 1.165) is 31.1 Å². The van der Waals surface area contributed by atoms with E-state index in [-0.39, 0.29) is 0 Å². The standard InChI is InChI=1S/C12H20N2O/c1-9(2)6-11-8-15-12(14-11)10-4-3-5-13-7-10/h8-10,13H,3-7H2,1-2H3. The van der Waals surface area contributed by atoms with E-state index < -0.39 is 0 Å². The predicted octanol–water partition coefficient (Wildman–Crippen LogP) is 2.34. The van der Waals surface area contributed by atoms with Gasteiger partial charge in [0.25, 0.3) is 0 Å². The lowest BCUT2D eigenvalue weighted by atomic mass is 10.00. The van der Waals surface area contributed by atoms with Gasteiger partial charge < -0.3 is 9.73 Å². The highest BCUT2D eigenvalue weighted by atomic mass is 16.3. The molecule has 3 heteroatoms. The van der Waals surface area contributed by atoms with Gasteiger partial charge in [-0.25, -0.2) is 4.98 Å². The van der Waals surface area contributed by atoms with Crippen molar-refractivity contribution in [2.24, 2.45) is 5.92 Å². The fourth-order valence-electron chi connectivity index (χ4n) is 2.08. The monoisotopic (exact) mass is 208 g/mol. The third-order valence-electron chi connectivity index (χ3n) is 2.83. The fraction of sp³-hybridized carbons (Fsp3) is 0.750. The molecular formula is C12H20N2O. The van der Waals surface area contributed by atoms with Gasteiger partial charge in [-0.1, -0.05) is 13.8 Å². The first-order valence-corrected chi connectivity index (χ1v) is 5.90. The number of oxazole rings is 1. The summed E-state index contributed by atoms with van der Waals surface area (Å²) in [4.78, 5) is 4.57. The molecule has 15 heavy (non-hydrogen) atoms. The molecule has 0 aromatic carbocycles. The van der Waals surface area contributed by atoms with Crippen molar-refractivity contribution < 1.29 is 4.42 Å². The van der Waals surface area contributed by atoms with Gasteiger partial charge in [0.05, 0.1) is 5.69 Å². The first-order chi connectivity index (χ1) is 7.25. The molecule has 0 radical (unpaired) electrons. The summed E-state index contributed by atoms with van der Waals surface area (Å²) in [5, 5.41) is 3.38. The maximum atomic E-state index is 5.55. The Kier molecular flexibility index (Phi) is 3.41. The van der Waals surface area contributed by atoms with Crippen LogP contribution in [-0.4, -0.2) is 18.1 Å². The Bertz CT molecular complexity index is 300.